The summed E-state index contributed by atoms with van der Waals surface area (Å²) in [6.07, 6.45) is 3.59. The van der Waals surface area contributed by atoms with Crippen LogP contribution < -0.4 is 10.6 Å². The second-order valence-electron chi connectivity index (χ2n) is 8.47. The van der Waals surface area contributed by atoms with Gasteiger partial charge >= 0.3 is 0 Å². The Bertz CT molecular complexity index is 1260. The monoisotopic (exact) mass is 506 g/mol. The molecule has 0 bridgehead atoms. The largest absolute Gasteiger partial charge is 0.387 e. The highest BCUT2D eigenvalue weighted by Gasteiger charge is 2.13. The summed E-state index contributed by atoms with van der Waals surface area (Å²) in [7, 11) is 0. The molecule has 36 heavy (non-hydrogen) atoms. The molecule has 0 fully saturated rings. The van der Waals surface area contributed by atoms with Gasteiger partial charge < -0.3 is 20.3 Å². The summed E-state index contributed by atoms with van der Waals surface area (Å²) in [6.45, 7) is 1.40. The fourth-order valence-corrected chi connectivity index (χ4v) is 4.10. The Morgan fingerprint density at radius 3 is 2.58 bits per heavy atom. The SMILES string of the molecule is O=C(Cc1nccn1Cc1c(F)cccc1Cl)Nc1ccc(CCNC[C@H](O)c2ccccc2)cc1. The number of aliphatic hydroxyl groups is 1. The molecule has 1 heterocycles. The maximum absolute atomic E-state index is 14.1. The molecule has 1 amide bonds. The summed E-state index contributed by atoms with van der Waals surface area (Å²) in [6, 6.07) is 21.8. The third kappa shape index (κ3) is 7.01. The second kappa shape index (κ2) is 12.4. The Kier molecular flexibility index (Phi) is 8.84. The molecular weight excluding hydrogens is 479 g/mol. The second-order valence-corrected chi connectivity index (χ2v) is 8.88. The third-order valence-corrected chi connectivity index (χ3v) is 6.21. The van der Waals surface area contributed by atoms with Crippen molar-refractivity contribution in [2.75, 3.05) is 18.4 Å². The number of carbonyl (C=O) groups is 1. The molecule has 8 heteroatoms. The molecule has 1 atom stereocenters. The first kappa shape index (κ1) is 25.6. The average Bonchev–Trinajstić information content (AvgIpc) is 3.31. The number of nitrogens with one attached hydrogen (secondary N) is 2. The highest BCUT2D eigenvalue weighted by molar-refractivity contribution is 6.31. The summed E-state index contributed by atoms with van der Waals surface area (Å²) in [4.78, 5) is 16.8. The molecule has 4 aromatic rings. The van der Waals surface area contributed by atoms with Gasteiger partial charge in [0.25, 0.3) is 0 Å². The topological polar surface area (TPSA) is 79.2 Å². The third-order valence-electron chi connectivity index (χ3n) is 5.86. The normalized spacial score (nSPS) is 11.9. The Balaban J connectivity index is 1.24. The molecule has 3 aromatic carbocycles. The van der Waals surface area contributed by atoms with Crippen LogP contribution in [0.4, 0.5) is 10.1 Å². The predicted molar refractivity (Wildman–Crippen MR) is 139 cm³/mol. The fraction of sp³-hybridized carbons (Fsp3) is 0.214. The van der Waals surface area contributed by atoms with E-state index >= 15 is 0 Å². The lowest BCUT2D eigenvalue weighted by atomic mass is 10.1. The van der Waals surface area contributed by atoms with Crippen LogP contribution in [0.2, 0.25) is 5.02 Å². The van der Waals surface area contributed by atoms with E-state index in [0.717, 1.165) is 24.1 Å². The van der Waals surface area contributed by atoms with E-state index < -0.39 is 11.9 Å². The summed E-state index contributed by atoms with van der Waals surface area (Å²) in [5.41, 5.74) is 3.06. The molecule has 0 aliphatic carbocycles. The van der Waals surface area contributed by atoms with Crippen molar-refractivity contribution in [1.29, 1.82) is 0 Å². The van der Waals surface area contributed by atoms with Crippen molar-refractivity contribution < 1.29 is 14.3 Å². The maximum Gasteiger partial charge on any atom is 0.231 e. The Hall–Kier alpha value is -3.52. The summed E-state index contributed by atoms with van der Waals surface area (Å²) < 4.78 is 15.9. The minimum absolute atomic E-state index is 0.0501. The van der Waals surface area contributed by atoms with Crippen LogP contribution in [0, 0.1) is 5.82 Å². The van der Waals surface area contributed by atoms with E-state index in [-0.39, 0.29) is 18.9 Å². The van der Waals surface area contributed by atoms with E-state index in [1.54, 1.807) is 29.1 Å². The Morgan fingerprint density at radius 1 is 1.06 bits per heavy atom. The number of carbonyl (C=O) groups excluding carboxylic acids is 1. The van der Waals surface area contributed by atoms with Gasteiger partial charge in [-0.3, -0.25) is 4.79 Å². The van der Waals surface area contributed by atoms with Gasteiger partial charge in [-0.1, -0.05) is 60.1 Å². The van der Waals surface area contributed by atoms with Gasteiger partial charge in [-0.25, -0.2) is 9.37 Å². The van der Waals surface area contributed by atoms with Gasteiger partial charge in [0.2, 0.25) is 5.91 Å². The zero-order chi connectivity index (χ0) is 25.3. The van der Waals surface area contributed by atoms with Crippen molar-refractivity contribution in [2.45, 2.75) is 25.5 Å². The zero-order valence-electron chi connectivity index (χ0n) is 19.7. The highest BCUT2D eigenvalue weighted by Crippen LogP contribution is 2.21. The van der Waals surface area contributed by atoms with Crippen LogP contribution in [0.3, 0.4) is 0 Å². The number of imidazole rings is 1. The molecular formula is C28H28ClFN4O2. The van der Waals surface area contributed by atoms with Gasteiger partial charge in [-0.05, 0) is 48.4 Å². The maximum atomic E-state index is 14.1. The molecule has 0 aliphatic heterocycles. The van der Waals surface area contributed by atoms with Crippen LogP contribution in [0.5, 0.6) is 0 Å². The minimum Gasteiger partial charge on any atom is -0.387 e. The fourth-order valence-electron chi connectivity index (χ4n) is 3.87. The first-order valence-electron chi connectivity index (χ1n) is 11.7. The zero-order valence-corrected chi connectivity index (χ0v) is 20.5. The van der Waals surface area contributed by atoms with Crippen molar-refractivity contribution in [3.05, 3.63) is 119 Å². The number of hydrogen-bond acceptors (Lipinski definition) is 4. The minimum atomic E-state index is -0.539. The lowest BCUT2D eigenvalue weighted by Gasteiger charge is -2.12. The highest BCUT2D eigenvalue weighted by atomic mass is 35.5. The number of aromatic nitrogens is 2. The van der Waals surface area contributed by atoms with Crippen molar-refractivity contribution >= 4 is 23.2 Å². The van der Waals surface area contributed by atoms with Gasteiger partial charge in [0, 0.05) is 35.2 Å². The molecule has 186 valence electrons. The number of aliphatic hydroxyl groups excluding tert-OH is 1. The quantitative estimate of drug-likeness (QED) is 0.256. The lowest BCUT2D eigenvalue weighted by molar-refractivity contribution is -0.115. The molecule has 3 N–H and O–H groups in total. The van der Waals surface area contributed by atoms with Crippen LogP contribution >= 0.6 is 11.6 Å². The molecule has 0 aliphatic rings. The number of halogens is 2. The molecule has 0 unspecified atom stereocenters. The van der Waals surface area contributed by atoms with E-state index in [1.165, 1.54) is 6.07 Å². The molecule has 0 saturated carbocycles. The van der Waals surface area contributed by atoms with Crippen LogP contribution in [-0.4, -0.2) is 33.7 Å². The molecule has 1 aromatic heterocycles. The molecule has 4 rings (SSSR count). The number of hydrogen-bond donors (Lipinski definition) is 3. The lowest BCUT2D eigenvalue weighted by Crippen LogP contribution is -2.23. The van der Waals surface area contributed by atoms with Gasteiger partial charge in [0.1, 0.15) is 11.6 Å². The first-order chi connectivity index (χ1) is 17.5. The Labute approximate surface area is 214 Å². The van der Waals surface area contributed by atoms with E-state index in [9.17, 15) is 14.3 Å². The van der Waals surface area contributed by atoms with E-state index in [1.807, 2.05) is 54.6 Å². The Morgan fingerprint density at radius 2 is 1.83 bits per heavy atom. The van der Waals surface area contributed by atoms with Gasteiger partial charge in [-0.2, -0.15) is 0 Å². The molecule has 6 nitrogen and oxygen atoms in total. The average molecular weight is 507 g/mol. The smallest absolute Gasteiger partial charge is 0.231 e. The van der Waals surface area contributed by atoms with Crippen molar-refractivity contribution in [1.82, 2.24) is 14.9 Å². The molecule has 0 saturated heterocycles. The van der Waals surface area contributed by atoms with Crippen molar-refractivity contribution in [2.24, 2.45) is 0 Å². The summed E-state index contributed by atoms with van der Waals surface area (Å²) >= 11 is 6.14. The van der Waals surface area contributed by atoms with E-state index in [4.69, 9.17) is 11.6 Å². The number of rotatable bonds is 11. The van der Waals surface area contributed by atoms with Crippen LogP contribution in [0.25, 0.3) is 0 Å². The number of benzene rings is 3. The van der Waals surface area contributed by atoms with Crippen molar-refractivity contribution in [3.8, 4) is 0 Å². The number of amides is 1. The predicted octanol–water partition coefficient (Wildman–Crippen LogP) is 4.77. The van der Waals surface area contributed by atoms with Gasteiger partial charge in [0.05, 0.1) is 19.1 Å². The van der Waals surface area contributed by atoms with Gasteiger partial charge in [0.15, 0.2) is 0 Å². The van der Waals surface area contributed by atoms with Gasteiger partial charge in [-0.15, -0.1) is 0 Å². The number of anilines is 1. The molecule has 0 spiro atoms. The molecule has 0 radical (unpaired) electrons. The van der Waals surface area contributed by atoms with E-state index in [2.05, 4.69) is 15.6 Å². The summed E-state index contributed by atoms with van der Waals surface area (Å²) in [5, 5.41) is 16.7. The standard InChI is InChI=1S/C28H28ClFN4O2/c29-24-7-4-8-25(30)23(24)19-34-16-15-32-27(34)17-28(36)33-22-11-9-20(10-12-22)13-14-31-18-26(35)21-5-2-1-3-6-21/h1-12,15-16,26,31,35H,13-14,17-19H2,(H,33,36)/t26-/m0/s1. The van der Waals surface area contributed by atoms with Crippen LogP contribution in [0.1, 0.15) is 28.6 Å². The summed E-state index contributed by atoms with van der Waals surface area (Å²) in [5.74, 6) is -0.0899. The van der Waals surface area contributed by atoms with E-state index in [0.29, 0.717) is 28.6 Å². The van der Waals surface area contributed by atoms with Crippen LogP contribution in [0.15, 0.2) is 85.2 Å². The first-order valence-corrected chi connectivity index (χ1v) is 12.1. The van der Waals surface area contributed by atoms with Crippen molar-refractivity contribution in [3.63, 3.8) is 0 Å². The van der Waals surface area contributed by atoms with Crippen LogP contribution in [-0.2, 0) is 24.2 Å². The number of nitrogens with zero attached hydrogens (tertiary/aromatic N) is 2.